The molecular weight excluding hydrogens is 188 g/mol. The van der Waals surface area contributed by atoms with E-state index in [9.17, 15) is 5.11 Å². The van der Waals surface area contributed by atoms with Crippen LogP contribution in [0, 0.1) is 0 Å². The van der Waals surface area contributed by atoms with Gasteiger partial charge in [0.1, 0.15) is 0 Å². The molecule has 90 valence electrons. The van der Waals surface area contributed by atoms with Gasteiger partial charge in [0.2, 0.25) is 0 Å². The lowest BCUT2D eigenvalue weighted by Gasteiger charge is -2.29. The summed E-state index contributed by atoms with van der Waals surface area (Å²) in [5, 5.41) is 9.56. The summed E-state index contributed by atoms with van der Waals surface area (Å²) < 4.78 is 0. The van der Waals surface area contributed by atoms with Crippen molar-refractivity contribution >= 4 is 0 Å². The molecule has 1 aliphatic rings. The molecule has 1 N–H and O–H groups in total. The van der Waals surface area contributed by atoms with Gasteiger partial charge >= 0.3 is 0 Å². The van der Waals surface area contributed by atoms with Crippen molar-refractivity contribution in [3.63, 3.8) is 0 Å². The van der Waals surface area contributed by atoms with Gasteiger partial charge in [0.25, 0.3) is 0 Å². The average molecular weight is 214 g/mol. The van der Waals surface area contributed by atoms with Crippen LogP contribution in [-0.2, 0) is 0 Å². The van der Waals surface area contributed by atoms with E-state index in [-0.39, 0.29) is 6.10 Å². The highest BCUT2D eigenvalue weighted by molar-refractivity contribution is 4.82. The molecule has 1 aliphatic carbocycles. The zero-order valence-corrected chi connectivity index (χ0v) is 10.4. The van der Waals surface area contributed by atoms with Gasteiger partial charge in [0.05, 0.1) is 6.10 Å². The molecule has 0 aromatic carbocycles. The number of hydrogen-bond acceptors (Lipinski definition) is 3. The maximum Gasteiger partial charge on any atom is 0.0555 e. The maximum absolute atomic E-state index is 9.56. The van der Waals surface area contributed by atoms with E-state index in [0.717, 1.165) is 25.9 Å². The molecule has 3 nitrogen and oxygen atoms in total. The summed E-state index contributed by atoms with van der Waals surface area (Å²) in [5.74, 6) is 0. The SMILES string of the molecule is CCCN(CCN(C)C)C1CCC(O)C1. The van der Waals surface area contributed by atoms with Crippen LogP contribution < -0.4 is 0 Å². The Balaban J connectivity index is 2.35. The first-order chi connectivity index (χ1) is 7.13. The van der Waals surface area contributed by atoms with Crippen LogP contribution in [0.3, 0.4) is 0 Å². The number of hydrogen-bond donors (Lipinski definition) is 1. The first-order valence-electron chi connectivity index (χ1n) is 6.20. The largest absolute Gasteiger partial charge is 0.393 e. The predicted molar refractivity (Wildman–Crippen MR) is 64.1 cm³/mol. The molecule has 0 heterocycles. The number of aliphatic hydroxyl groups is 1. The first-order valence-corrected chi connectivity index (χ1v) is 6.20. The van der Waals surface area contributed by atoms with Crippen LogP contribution in [0.2, 0.25) is 0 Å². The van der Waals surface area contributed by atoms with Crippen LogP contribution in [0.5, 0.6) is 0 Å². The van der Waals surface area contributed by atoms with E-state index in [1.165, 1.54) is 19.4 Å². The fraction of sp³-hybridized carbons (Fsp3) is 1.00. The van der Waals surface area contributed by atoms with Crippen molar-refractivity contribution in [2.45, 2.75) is 44.8 Å². The Morgan fingerprint density at radius 1 is 1.13 bits per heavy atom. The summed E-state index contributed by atoms with van der Waals surface area (Å²) in [4.78, 5) is 4.78. The molecule has 2 atom stereocenters. The van der Waals surface area contributed by atoms with E-state index in [1.54, 1.807) is 0 Å². The third-order valence-corrected chi connectivity index (χ3v) is 3.24. The van der Waals surface area contributed by atoms with Gasteiger partial charge in [0, 0.05) is 19.1 Å². The first kappa shape index (κ1) is 12.9. The molecule has 1 rings (SSSR count). The van der Waals surface area contributed by atoms with Gasteiger partial charge in [-0.05, 0) is 46.3 Å². The standard InChI is InChI=1S/C12H26N2O/c1-4-7-14(9-8-13(2)3)11-5-6-12(15)10-11/h11-12,15H,4-10H2,1-3H3. The van der Waals surface area contributed by atoms with Gasteiger partial charge in [-0.1, -0.05) is 6.92 Å². The monoisotopic (exact) mass is 214 g/mol. The van der Waals surface area contributed by atoms with Crippen molar-refractivity contribution in [2.75, 3.05) is 33.7 Å². The van der Waals surface area contributed by atoms with E-state index >= 15 is 0 Å². The van der Waals surface area contributed by atoms with E-state index in [4.69, 9.17) is 0 Å². The highest BCUT2D eigenvalue weighted by Crippen LogP contribution is 2.24. The number of nitrogens with zero attached hydrogens (tertiary/aromatic N) is 2. The van der Waals surface area contributed by atoms with Crippen LogP contribution in [-0.4, -0.2) is 60.8 Å². The second kappa shape index (κ2) is 6.46. The smallest absolute Gasteiger partial charge is 0.0555 e. The van der Waals surface area contributed by atoms with Gasteiger partial charge in [-0.15, -0.1) is 0 Å². The van der Waals surface area contributed by atoms with Crippen LogP contribution in [0.1, 0.15) is 32.6 Å². The van der Waals surface area contributed by atoms with Crippen molar-refractivity contribution in [1.29, 1.82) is 0 Å². The van der Waals surface area contributed by atoms with Crippen molar-refractivity contribution in [3.8, 4) is 0 Å². The summed E-state index contributed by atoms with van der Waals surface area (Å²) in [6, 6.07) is 0.625. The Bertz CT molecular complexity index is 173. The molecule has 1 fully saturated rings. The summed E-state index contributed by atoms with van der Waals surface area (Å²) in [7, 11) is 4.24. The minimum Gasteiger partial charge on any atom is -0.393 e. The molecular formula is C12H26N2O. The quantitative estimate of drug-likeness (QED) is 0.719. The predicted octanol–water partition coefficient (Wildman–Crippen LogP) is 1.17. The third kappa shape index (κ3) is 4.49. The molecule has 0 radical (unpaired) electrons. The van der Waals surface area contributed by atoms with Gasteiger partial charge in [-0.2, -0.15) is 0 Å². The van der Waals surface area contributed by atoms with Gasteiger partial charge < -0.3 is 10.0 Å². The van der Waals surface area contributed by atoms with Crippen LogP contribution in [0.15, 0.2) is 0 Å². The number of aliphatic hydroxyl groups excluding tert-OH is 1. The summed E-state index contributed by atoms with van der Waals surface area (Å²) in [6.45, 7) is 5.66. The average Bonchev–Trinajstić information content (AvgIpc) is 2.59. The second-order valence-corrected chi connectivity index (χ2v) is 4.96. The van der Waals surface area contributed by atoms with Gasteiger partial charge in [0.15, 0.2) is 0 Å². The third-order valence-electron chi connectivity index (χ3n) is 3.24. The lowest BCUT2D eigenvalue weighted by atomic mass is 10.2. The molecule has 0 aromatic rings. The Kier molecular flexibility index (Phi) is 5.58. The van der Waals surface area contributed by atoms with E-state index in [0.29, 0.717) is 6.04 Å². The Morgan fingerprint density at radius 2 is 1.87 bits per heavy atom. The van der Waals surface area contributed by atoms with Crippen molar-refractivity contribution in [2.24, 2.45) is 0 Å². The second-order valence-electron chi connectivity index (χ2n) is 4.96. The lowest BCUT2D eigenvalue weighted by Crippen LogP contribution is -2.39. The lowest BCUT2D eigenvalue weighted by molar-refractivity contribution is 0.144. The number of likely N-dealkylation sites (N-methyl/N-ethyl adjacent to an activating group) is 1. The topological polar surface area (TPSA) is 26.7 Å². The molecule has 2 unspecified atom stereocenters. The minimum atomic E-state index is -0.0475. The highest BCUT2D eigenvalue weighted by atomic mass is 16.3. The summed E-state index contributed by atoms with van der Waals surface area (Å²) in [5.41, 5.74) is 0. The van der Waals surface area contributed by atoms with E-state index in [1.807, 2.05) is 0 Å². The summed E-state index contributed by atoms with van der Waals surface area (Å²) >= 11 is 0. The van der Waals surface area contributed by atoms with Crippen molar-refractivity contribution in [3.05, 3.63) is 0 Å². The summed E-state index contributed by atoms with van der Waals surface area (Å²) in [6.07, 6.45) is 4.31. The molecule has 1 saturated carbocycles. The van der Waals surface area contributed by atoms with Crippen molar-refractivity contribution in [1.82, 2.24) is 9.80 Å². The normalized spacial score (nSPS) is 26.8. The Hall–Kier alpha value is -0.120. The maximum atomic E-state index is 9.56. The molecule has 15 heavy (non-hydrogen) atoms. The molecule has 0 bridgehead atoms. The molecule has 0 aromatic heterocycles. The molecule has 0 aliphatic heterocycles. The van der Waals surface area contributed by atoms with Crippen LogP contribution in [0.4, 0.5) is 0 Å². The minimum absolute atomic E-state index is 0.0475. The fourth-order valence-corrected chi connectivity index (χ4v) is 2.36. The fourth-order valence-electron chi connectivity index (χ4n) is 2.36. The zero-order valence-electron chi connectivity index (χ0n) is 10.4. The molecule has 0 amide bonds. The van der Waals surface area contributed by atoms with Crippen molar-refractivity contribution < 1.29 is 5.11 Å². The Morgan fingerprint density at radius 3 is 2.33 bits per heavy atom. The molecule has 3 heteroatoms. The van der Waals surface area contributed by atoms with Crippen LogP contribution >= 0.6 is 0 Å². The highest BCUT2D eigenvalue weighted by Gasteiger charge is 2.27. The molecule has 0 saturated heterocycles. The van der Waals surface area contributed by atoms with E-state index < -0.39 is 0 Å². The zero-order chi connectivity index (χ0) is 11.3. The Labute approximate surface area is 94.1 Å². The van der Waals surface area contributed by atoms with Crippen LogP contribution in [0.25, 0.3) is 0 Å². The van der Waals surface area contributed by atoms with Gasteiger partial charge in [-0.25, -0.2) is 0 Å². The van der Waals surface area contributed by atoms with E-state index in [2.05, 4.69) is 30.8 Å². The number of rotatable bonds is 6. The van der Waals surface area contributed by atoms with Gasteiger partial charge in [-0.3, -0.25) is 4.90 Å². The molecule has 0 spiro atoms.